The predicted octanol–water partition coefficient (Wildman–Crippen LogP) is 3.41. The molecule has 2 nitrogen and oxygen atoms in total. The molecule has 19 heavy (non-hydrogen) atoms. The summed E-state index contributed by atoms with van der Waals surface area (Å²) in [7, 11) is 0. The quantitative estimate of drug-likeness (QED) is 0.774. The second-order valence-electron chi connectivity index (χ2n) is 5.59. The molecule has 2 heteroatoms. The summed E-state index contributed by atoms with van der Waals surface area (Å²) in [4.78, 5) is 0. The van der Waals surface area contributed by atoms with Gasteiger partial charge in [-0.05, 0) is 50.6 Å². The normalized spacial score (nSPS) is 23.9. The van der Waals surface area contributed by atoms with Gasteiger partial charge >= 0.3 is 0 Å². The summed E-state index contributed by atoms with van der Waals surface area (Å²) in [6.07, 6.45) is 5.47. The zero-order valence-corrected chi connectivity index (χ0v) is 12.3. The lowest BCUT2D eigenvalue weighted by atomic mass is 9.77. The van der Waals surface area contributed by atoms with Gasteiger partial charge in [0.2, 0.25) is 0 Å². The van der Waals surface area contributed by atoms with E-state index in [0.717, 1.165) is 25.5 Å². The number of ether oxygens (including phenoxy) is 1. The highest BCUT2D eigenvalue weighted by atomic mass is 16.5. The fraction of sp³-hybridized carbons (Fsp3) is 0.647. The molecule has 1 aromatic carbocycles. The van der Waals surface area contributed by atoms with Crippen LogP contribution in [0, 0.1) is 5.92 Å². The number of likely N-dealkylation sites (N-methyl/N-ethyl adjacent to an activating group) is 1. The lowest BCUT2D eigenvalue weighted by Crippen LogP contribution is -2.39. The van der Waals surface area contributed by atoms with Gasteiger partial charge in [0.25, 0.3) is 0 Å². The van der Waals surface area contributed by atoms with Crippen molar-refractivity contribution in [1.29, 1.82) is 0 Å². The Labute approximate surface area is 117 Å². The maximum Gasteiger partial charge on any atom is 0.0580 e. The summed E-state index contributed by atoms with van der Waals surface area (Å²) in [5.41, 5.74) is 1.44. The molecule has 0 spiro atoms. The second-order valence-corrected chi connectivity index (χ2v) is 5.59. The first-order valence-electron chi connectivity index (χ1n) is 7.70. The van der Waals surface area contributed by atoms with Crippen molar-refractivity contribution in [3.63, 3.8) is 0 Å². The minimum absolute atomic E-state index is 0.536. The number of benzene rings is 1. The van der Waals surface area contributed by atoms with Crippen LogP contribution in [0.2, 0.25) is 0 Å². The SMILES string of the molecule is CCNC(Cc1ccccc1)CC1CC(OCC)C1. The summed E-state index contributed by atoms with van der Waals surface area (Å²) in [6, 6.07) is 11.4. The van der Waals surface area contributed by atoms with Gasteiger partial charge < -0.3 is 10.1 Å². The molecule has 0 aromatic heterocycles. The molecule has 1 saturated carbocycles. The third kappa shape index (κ3) is 4.63. The van der Waals surface area contributed by atoms with E-state index in [9.17, 15) is 0 Å². The Balaban J connectivity index is 1.77. The monoisotopic (exact) mass is 261 g/mol. The smallest absolute Gasteiger partial charge is 0.0580 e. The van der Waals surface area contributed by atoms with Crippen molar-refractivity contribution >= 4 is 0 Å². The highest BCUT2D eigenvalue weighted by molar-refractivity contribution is 5.16. The van der Waals surface area contributed by atoms with Gasteiger partial charge in [-0.2, -0.15) is 0 Å². The highest BCUT2D eigenvalue weighted by Crippen LogP contribution is 2.34. The van der Waals surface area contributed by atoms with Crippen LogP contribution in [0.25, 0.3) is 0 Å². The third-order valence-electron chi connectivity index (χ3n) is 4.03. The summed E-state index contributed by atoms with van der Waals surface area (Å²) in [5, 5.41) is 3.64. The van der Waals surface area contributed by atoms with E-state index in [1.807, 2.05) is 0 Å². The topological polar surface area (TPSA) is 21.3 Å². The molecule has 0 aliphatic heterocycles. The van der Waals surface area contributed by atoms with Gasteiger partial charge in [-0.25, -0.2) is 0 Å². The van der Waals surface area contributed by atoms with Gasteiger partial charge in [0, 0.05) is 12.6 Å². The van der Waals surface area contributed by atoms with E-state index in [0.29, 0.717) is 12.1 Å². The van der Waals surface area contributed by atoms with Crippen molar-refractivity contribution in [2.24, 2.45) is 5.92 Å². The first-order valence-corrected chi connectivity index (χ1v) is 7.70. The summed E-state index contributed by atoms with van der Waals surface area (Å²) in [6.45, 7) is 6.20. The molecule has 0 saturated heterocycles. The van der Waals surface area contributed by atoms with Gasteiger partial charge in [-0.1, -0.05) is 37.3 Å². The van der Waals surface area contributed by atoms with Gasteiger partial charge in [-0.15, -0.1) is 0 Å². The molecule has 1 aliphatic carbocycles. The highest BCUT2D eigenvalue weighted by Gasteiger charge is 2.31. The zero-order valence-electron chi connectivity index (χ0n) is 12.3. The molecular formula is C17H27NO. The Hall–Kier alpha value is -0.860. The van der Waals surface area contributed by atoms with E-state index in [-0.39, 0.29) is 0 Å². The molecule has 2 rings (SSSR count). The summed E-state index contributed by atoms with van der Waals surface area (Å²) >= 11 is 0. The van der Waals surface area contributed by atoms with Crippen LogP contribution in [0.3, 0.4) is 0 Å². The lowest BCUT2D eigenvalue weighted by molar-refractivity contribution is -0.0289. The van der Waals surface area contributed by atoms with Crippen LogP contribution in [0.4, 0.5) is 0 Å². The van der Waals surface area contributed by atoms with Crippen molar-refractivity contribution in [1.82, 2.24) is 5.32 Å². The molecule has 1 atom stereocenters. The van der Waals surface area contributed by atoms with E-state index in [1.165, 1.54) is 24.8 Å². The summed E-state index contributed by atoms with van der Waals surface area (Å²) < 4.78 is 5.65. The number of hydrogen-bond donors (Lipinski definition) is 1. The van der Waals surface area contributed by atoms with Gasteiger partial charge in [0.1, 0.15) is 0 Å². The average molecular weight is 261 g/mol. The van der Waals surface area contributed by atoms with Crippen LogP contribution in [-0.2, 0) is 11.2 Å². The molecule has 1 unspecified atom stereocenters. The van der Waals surface area contributed by atoms with Gasteiger partial charge in [-0.3, -0.25) is 0 Å². The molecule has 0 heterocycles. The minimum Gasteiger partial charge on any atom is -0.378 e. The Morgan fingerprint density at radius 2 is 1.95 bits per heavy atom. The Morgan fingerprint density at radius 3 is 2.58 bits per heavy atom. The fourth-order valence-electron chi connectivity index (χ4n) is 3.07. The fourth-order valence-corrected chi connectivity index (χ4v) is 3.07. The van der Waals surface area contributed by atoms with E-state index >= 15 is 0 Å². The van der Waals surface area contributed by atoms with E-state index in [1.54, 1.807) is 0 Å². The first-order chi connectivity index (χ1) is 9.31. The second kappa shape index (κ2) is 7.66. The zero-order chi connectivity index (χ0) is 13.5. The predicted molar refractivity (Wildman–Crippen MR) is 80.4 cm³/mol. The largest absolute Gasteiger partial charge is 0.378 e. The number of nitrogens with one attached hydrogen (secondary N) is 1. The molecule has 1 aliphatic rings. The van der Waals surface area contributed by atoms with Crippen molar-refractivity contribution < 1.29 is 4.74 Å². The molecular weight excluding hydrogens is 234 g/mol. The van der Waals surface area contributed by atoms with Crippen LogP contribution in [0.1, 0.15) is 38.7 Å². The standard InChI is InChI=1S/C17H27NO/c1-3-18-16(10-14-8-6-5-7-9-14)11-15-12-17(13-15)19-4-2/h5-9,15-18H,3-4,10-13H2,1-2H3. The van der Waals surface area contributed by atoms with Crippen molar-refractivity contribution in [2.45, 2.75) is 51.7 Å². The van der Waals surface area contributed by atoms with Crippen molar-refractivity contribution in [3.05, 3.63) is 35.9 Å². The van der Waals surface area contributed by atoms with Crippen LogP contribution in [-0.4, -0.2) is 25.3 Å². The Morgan fingerprint density at radius 1 is 1.21 bits per heavy atom. The molecule has 106 valence electrons. The van der Waals surface area contributed by atoms with Crippen molar-refractivity contribution in [2.75, 3.05) is 13.2 Å². The van der Waals surface area contributed by atoms with E-state index < -0.39 is 0 Å². The minimum atomic E-state index is 0.536. The number of hydrogen-bond acceptors (Lipinski definition) is 2. The van der Waals surface area contributed by atoms with Crippen LogP contribution >= 0.6 is 0 Å². The molecule has 0 amide bonds. The van der Waals surface area contributed by atoms with E-state index in [2.05, 4.69) is 49.5 Å². The van der Waals surface area contributed by atoms with Crippen LogP contribution < -0.4 is 5.32 Å². The molecule has 1 fully saturated rings. The molecule has 0 radical (unpaired) electrons. The molecule has 0 bridgehead atoms. The Bertz CT molecular complexity index is 346. The maximum atomic E-state index is 5.65. The summed E-state index contributed by atoms with van der Waals surface area (Å²) in [5.74, 6) is 0.851. The van der Waals surface area contributed by atoms with Crippen LogP contribution in [0.15, 0.2) is 30.3 Å². The van der Waals surface area contributed by atoms with E-state index in [4.69, 9.17) is 4.74 Å². The third-order valence-corrected chi connectivity index (χ3v) is 4.03. The van der Waals surface area contributed by atoms with Gasteiger partial charge in [0.05, 0.1) is 6.10 Å². The first kappa shape index (κ1) is 14.5. The number of rotatable bonds is 8. The average Bonchev–Trinajstić information content (AvgIpc) is 2.38. The maximum absolute atomic E-state index is 5.65. The van der Waals surface area contributed by atoms with Gasteiger partial charge in [0.15, 0.2) is 0 Å². The molecule has 1 N–H and O–H groups in total. The van der Waals surface area contributed by atoms with Crippen molar-refractivity contribution in [3.8, 4) is 0 Å². The Kier molecular flexibility index (Phi) is 5.87. The molecule has 1 aromatic rings. The van der Waals surface area contributed by atoms with Crippen LogP contribution in [0.5, 0.6) is 0 Å². The lowest BCUT2D eigenvalue weighted by Gasteiger charge is -2.37.